The second-order valence-electron chi connectivity index (χ2n) is 6.91. The van der Waals surface area contributed by atoms with Gasteiger partial charge in [-0.05, 0) is 42.0 Å². The number of fused-ring (bicyclic) bond motifs is 1. The highest BCUT2D eigenvalue weighted by Crippen LogP contribution is 2.24. The molecule has 0 spiro atoms. The van der Waals surface area contributed by atoms with Crippen LogP contribution in [0.3, 0.4) is 0 Å². The predicted molar refractivity (Wildman–Crippen MR) is 96.6 cm³/mol. The number of carbonyl (C=O) groups excluding carboxylic acids is 1. The number of hydrogen-bond donors (Lipinski definition) is 1. The van der Waals surface area contributed by atoms with E-state index >= 15 is 0 Å². The van der Waals surface area contributed by atoms with Crippen LogP contribution in [-0.4, -0.2) is 28.4 Å². The fourth-order valence-corrected chi connectivity index (χ4v) is 3.13. The van der Waals surface area contributed by atoms with Crippen LogP contribution in [-0.2, 0) is 17.8 Å². The number of rotatable bonds is 4. The Hall–Kier alpha value is -2.56. The molecule has 1 amide bonds. The number of pyridine rings is 1. The van der Waals surface area contributed by atoms with E-state index < -0.39 is 6.10 Å². The number of carbonyl (C=O) groups is 1. The van der Waals surface area contributed by atoms with E-state index in [9.17, 15) is 9.59 Å². The number of H-pyrrole nitrogens is 1. The molecule has 0 fully saturated rings. The third-order valence-corrected chi connectivity index (χ3v) is 4.63. The lowest BCUT2D eigenvalue weighted by Gasteiger charge is -2.33. The zero-order valence-electron chi connectivity index (χ0n) is 14.9. The van der Waals surface area contributed by atoms with Gasteiger partial charge >= 0.3 is 0 Å². The number of aromatic amines is 1. The van der Waals surface area contributed by atoms with Crippen LogP contribution < -0.4 is 10.3 Å². The van der Waals surface area contributed by atoms with Crippen molar-refractivity contribution in [1.82, 2.24) is 9.88 Å². The number of nitrogens with one attached hydrogen (secondary N) is 1. The molecule has 5 nitrogen and oxygen atoms in total. The van der Waals surface area contributed by atoms with Crippen LogP contribution in [0.5, 0.6) is 5.75 Å². The molecule has 1 aromatic carbocycles. The number of aromatic nitrogens is 1. The fraction of sp³-hybridized carbons (Fsp3) is 0.400. The quantitative estimate of drug-likeness (QED) is 0.931. The Kier molecular flexibility index (Phi) is 4.93. The third kappa shape index (κ3) is 3.76. The summed E-state index contributed by atoms with van der Waals surface area (Å²) < 4.78 is 6.08. The maximum absolute atomic E-state index is 13.1. The summed E-state index contributed by atoms with van der Waals surface area (Å²) in [6.45, 7) is 7.08. The molecule has 0 saturated carbocycles. The van der Waals surface area contributed by atoms with Crippen molar-refractivity contribution < 1.29 is 9.53 Å². The van der Waals surface area contributed by atoms with Crippen LogP contribution in [0.1, 0.15) is 30.5 Å². The Morgan fingerprint density at radius 1 is 1.24 bits per heavy atom. The largest absolute Gasteiger partial charge is 0.480 e. The summed E-state index contributed by atoms with van der Waals surface area (Å²) in [6, 6.07) is 9.37. The molecule has 2 heterocycles. The van der Waals surface area contributed by atoms with Crippen molar-refractivity contribution in [1.29, 1.82) is 0 Å². The Labute approximate surface area is 147 Å². The standard InChI is InChI=1S/C20H24N2O3/c1-13(2)19(25-17-7-5-4-6-14(17)3)20(24)22-9-8-15-10-18(23)21-11-16(15)12-22/h4-7,10-11,13,19H,8-9,12H2,1-3H3,(H,21,23). The number of hydrogen-bond acceptors (Lipinski definition) is 3. The van der Waals surface area contributed by atoms with Crippen molar-refractivity contribution in [3.8, 4) is 5.75 Å². The highest BCUT2D eigenvalue weighted by atomic mass is 16.5. The average molecular weight is 340 g/mol. The molecule has 3 rings (SSSR count). The van der Waals surface area contributed by atoms with Crippen LogP contribution in [0.15, 0.2) is 41.3 Å². The van der Waals surface area contributed by atoms with Gasteiger partial charge in [0.2, 0.25) is 5.56 Å². The zero-order valence-corrected chi connectivity index (χ0v) is 14.9. The minimum Gasteiger partial charge on any atom is -0.480 e. The van der Waals surface area contributed by atoms with Gasteiger partial charge in [0.05, 0.1) is 0 Å². The molecule has 132 valence electrons. The summed E-state index contributed by atoms with van der Waals surface area (Å²) in [4.78, 5) is 29.0. The molecule has 1 aromatic heterocycles. The lowest BCUT2D eigenvalue weighted by atomic mass is 9.99. The lowest BCUT2D eigenvalue weighted by Crippen LogP contribution is -2.46. The Morgan fingerprint density at radius 2 is 2.00 bits per heavy atom. The Morgan fingerprint density at radius 3 is 2.72 bits per heavy atom. The molecule has 1 atom stereocenters. The van der Waals surface area contributed by atoms with Gasteiger partial charge in [-0.25, -0.2) is 0 Å². The molecular formula is C20H24N2O3. The number of amides is 1. The summed E-state index contributed by atoms with van der Waals surface area (Å²) in [5.74, 6) is 0.801. The molecule has 2 aromatic rings. The predicted octanol–water partition coefficient (Wildman–Crippen LogP) is 2.67. The van der Waals surface area contributed by atoms with E-state index in [-0.39, 0.29) is 17.4 Å². The van der Waals surface area contributed by atoms with E-state index in [4.69, 9.17) is 4.74 Å². The lowest BCUT2D eigenvalue weighted by molar-refractivity contribution is -0.141. The highest BCUT2D eigenvalue weighted by Gasteiger charge is 2.31. The van der Waals surface area contributed by atoms with E-state index in [0.717, 1.165) is 22.4 Å². The van der Waals surface area contributed by atoms with Gasteiger partial charge < -0.3 is 14.6 Å². The smallest absolute Gasteiger partial charge is 0.264 e. The van der Waals surface area contributed by atoms with Crippen molar-refractivity contribution in [2.75, 3.05) is 6.54 Å². The van der Waals surface area contributed by atoms with Gasteiger partial charge in [-0.2, -0.15) is 0 Å². The molecule has 0 radical (unpaired) electrons. The van der Waals surface area contributed by atoms with Crippen molar-refractivity contribution >= 4 is 5.91 Å². The van der Waals surface area contributed by atoms with Crippen molar-refractivity contribution in [2.24, 2.45) is 5.92 Å². The molecule has 0 aliphatic carbocycles. The monoisotopic (exact) mass is 340 g/mol. The maximum Gasteiger partial charge on any atom is 0.264 e. The summed E-state index contributed by atoms with van der Waals surface area (Å²) in [5.41, 5.74) is 2.94. The molecule has 0 bridgehead atoms. The van der Waals surface area contributed by atoms with Crippen LogP contribution in [0.4, 0.5) is 0 Å². The second kappa shape index (κ2) is 7.13. The molecule has 1 aliphatic heterocycles. The number of aryl methyl sites for hydroxylation is 1. The topological polar surface area (TPSA) is 62.4 Å². The van der Waals surface area contributed by atoms with Gasteiger partial charge in [-0.3, -0.25) is 9.59 Å². The van der Waals surface area contributed by atoms with Crippen molar-refractivity contribution in [3.05, 3.63) is 63.6 Å². The van der Waals surface area contributed by atoms with E-state index in [1.807, 2.05) is 49.9 Å². The summed E-state index contributed by atoms with van der Waals surface area (Å²) in [6.07, 6.45) is 1.88. The van der Waals surface area contributed by atoms with E-state index in [1.54, 1.807) is 12.3 Å². The minimum absolute atomic E-state index is 0.00453. The third-order valence-electron chi connectivity index (χ3n) is 4.63. The van der Waals surface area contributed by atoms with Gasteiger partial charge in [0, 0.05) is 25.4 Å². The number of para-hydroxylation sites is 1. The number of benzene rings is 1. The number of nitrogens with zero attached hydrogens (tertiary/aromatic N) is 1. The van der Waals surface area contributed by atoms with Gasteiger partial charge in [-0.1, -0.05) is 32.0 Å². The summed E-state index contributed by atoms with van der Waals surface area (Å²) >= 11 is 0. The molecule has 25 heavy (non-hydrogen) atoms. The number of ether oxygens (including phenoxy) is 1. The maximum atomic E-state index is 13.1. The van der Waals surface area contributed by atoms with Crippen LogP contribution in [0.2, 0.25) is 0 Å². The molecule has 5 heteroatoms. The normalized spacial score (nSPS) is 15.0. The Balaban J connectivity index is 1.78. The van der Waals surface area contributed by atoms with Gasteiger partial charge in [0.15, 0.2) is 6.10 Å². The summed E-state index contributed by atoms with van der Waals surface area (Å²) in [5, 5.41) is 0. The average Bonchev–Trinajstić information content (AvgIpc) is 2.59. The van der Waals surface area contributed by atoms with Gasteiger partial charge in [-0.15, -0.1) is 0 Å². The first kappa shape index (κ1) is 17.3. The van der Waals surface area contributed by atoms with Crippen LogP contribution in [0, 0.1) is 12.8 Å². The van der Waals surface area contributed by atoms with Crippen LogP contribution >= 0.6 is 0 Å². The molecule has 0 saturated heterocycles. The zero-order chi connectivity index (χ0) is 18.0. The fourth-order valence-electron chi connectivity index (χ4n) is 3.13. The SMILES string of the molecule is Cc1ccccc1OC(C(=O)N1CCc2cc(=O)[nH]cc2C1)C(C)C. The van der Waals surface area contributed by atoms with Crippen molar-refractivity contribution in [2.45, 2.75) is 39.8 Å². The Bertz CT molecular complexity index is 826. The molecule has 1 N–H and O–H groups in total. The second-order valence-corrected chi connectivity index (χ2v) is 6.91. The van der Waals surface area contributed by atoms with E-state index in [2.05, 4.69) is 4.98 Å². The highest BCUT2D eigenvalue weighted by molar-refractivity contribution is 5.82. The van der Waals surface area contributed by atoms with E-state index in [0.29, 0.717) is 19.5 Å². The van der Waals surface area contributed by atoms with Crippen LogP contribution in [0.25, 0.3) is 0 Å². The summed E-state index contributed by atoms with van der Waals surface area (Å²) in [7, 11) is 0. The van der Waals surface area contributed by atoms with Gasteiger partial charge in [0.25, 0.3) is 5.91 Å². The van der Waals surface area contributed by atoms with Gasteiger partial charge in [0.1, 0.15) is 5.75 Å². The van der Waals surface area contributed by atoms with Crippen molar-refractivity contribution in [3.63, 3.8) is 0 Å². The minimum atomic E-state index is -0.523. The molecule has 1 unspecified atom stereocenters. The first-order chi connectivity index (χ1) is 12.0. The molecular weight excluding hydrogens is 316 g/mol. The first-order valence-electron chi connectivity index (χ1n) is 8.67. The van der Waals surface area contributed by atoms with E-state index in [1.165, 1.54) is 0 Å². The first-order valence-corrected chi connectivity index (χ1v) is 8.67. The molecule has 1 aliphatic rings.